The Hall–Kier alpha value is -0.0800. The molecule has 0 aromatic heterocycles. The molecule has 2 aliphatic rings. The SMILES string of the molecule is CCC1CCCCC1(CN)N(CC(C)C)C1CCCC1. The zero-order valence-electron chi connectivity index (χ0n) is 14.0. The third-order valence-corrected chi connectivity index (χ3v) is 5.92. The second kappa shape index (κ2) is 7.26. The molecule has 0 aromatic carbocycles. The van der Waals surface area contributed by atoms with E-state index in [1.807, 2.05) is 0 Å². The zero-order chi connectivity index (χ0) is 14.6. The molecule has 2 N–H and O–H groups in total. The number of hydrogen-bond acceptors (Lipinski definition) is 2. The number of nitrogens with zero attached hydrogens (tertiary/aromatic N) is 1. The van der Waals surface area contributed by atoms with E-state index in [-0.39, 0.29) is 0 Å². The molecule has 2 nitrogen and oxygen atoms in total. The first kappa shape index (κ1) is 16.3. The average Bonchev–Trinajstić information content (AvgIpc) is 2.98. The molecule has 0 aromatic rings. The van der Waals surface area contributed by atoms with Crippen LogP contribution in [0.1, 0.15) is 78.6 Å². The van der Waals surface area contributed by atoms with Crippen LogP contribution < -0.4 is 5.73 Å². The lowest BCUT2D eigenvalue weighted by Crippen LogP contribution is -2.63. The molecule has 2 fully saturated rings. The minimum Gasteiger partial charge on any atom is -0.329 e. The summed E-state index contributed by atoms with van der Waals surface area (Å²) in [4.78, 5) is 2.90. The summed E-state index contributed by atoms with van der Waals surface area (Å²) in [7, 11) is 0. The summed E-state index contributed by atoms with van der Waals surface area (Å²) in [5.41, 5.74) is 6.72. The second-order valence-electron chi connectivity index (χ2n) is 7.64. The van der Waals surface area contributed by atoms with Crippen LogP contribution in [0.15, 0.2) is 0 Å². The molecule has 2 saturated carbocycles. The number of rotatable bonds is 6. The molecule has 20 heavy (non-hydrogen) atoms. The monoisotopic (exact) mass is 280 g/mol. The van der Waals surface area contributed by atoms with Crippen LogP contribution in [0.2, 0.25) is 0 Å². The first-order chi connectivity index (χ1) is 9.64. The third-order valence-electron chi connectivity index (χ3n) is 5.92. The molecular weight excluding hydrogens is 244 g/mol. The van der Waals surface area contributed by atoms with Gasteiger partial charge in [0.25, 0.3) is 0 Å². The molecule has 0 amide bonds. The maximum atomic E-state index is 6.41. The Bertz CT molecular complexity index is 283. The summed E-state index contributed by atoms with van der Waals surface area (Å²) in [6, 6.07) is 0.813. The quantitative estimate of drug-likeness (QED) is 0.790. The molecule has 2 rings (SSSR count). The molecule has 2 heteroatoms. The van der Waals surface area contributed by atoms with Gasteiger partial charge in [-0.3, -0.25) is 4.90 Å². The Kier molecular flexibility index (Phi) is 5.92. The van der Waals surface area contributed by atoms with Gasteiger partial charge in [-0.05, 0) is 37.5 Å². The van der Waals surface area contributed by atoms with E-state index >= 15 is 0 Å². The minimum absolute atomic E-state index is 0.312. The number of nitrogens with two attached hydrogens (primary N) is 1. The van der Waals surface area contributed by atoms with Gasteiger partial charge in [0.15, 0.2) is 0 Å². The van der Waals surface area contributed by atoms with Crippen LogP contribution in [-0.2, 0) is 0 Å². The van der Waals surface area contributed by atoms with E-state index in [4.69, 9.17) is 5.73 Å². The van der Waals surface area contributed by atoms with Crippen molar-refractivity contribution in [2.45, 2.75) is 90.1 Å². The van der Waals surface area contributed by atoms with Gasteiger partial charge >= 0.3 is 0 Å². The van der Waals surface area contributed by atoms with E-state index in [9.17, 15) is 0 Å². The predicted octanol–water partition coefficient (Wildman–Crippen LogP) is 4.18. The Morgan fingerprint density at radius 3 is 2.30 bits per heavy atom. The highest BCUT2D eigenvalue weighted by atomic mass is 15.2. The first-order valence-electron chi connectivity index (χ1n) is 9.11. The average molecular weight is 281 g/mol. The lowest BCUT2D eigenvalue weighted by atomic mass is 9.69. The van der Waals surface area contributed by atoms with Gasteiger partial charge in [-0.2, -0.15) is 0 Å². The standard InChI is InChI=1S/C18H36N2/c1-4-16-9-7-8-12-18(16,14-19)20(13-15(2)3)17-10-5-6-11-17/h15-17H,4-14,19H2,1-3H3. The van der Waals surface area contributed by atoms with E-state index in [0.717, 1.165) is 24.4 Å². The van der Waals surface area contributed by atoms with Crippen LogP contribution in [-0.4, -0.2) is 29.6 Å². The fraction of sp³-hybridized carbons (Fsp3) is 1.00. The van der Waals surface area contributed by atoms with Crippen molar-refractivity contribution in [3.8, 4) is 0 Å². The van der Waals surface area contributed by atoms with Gasteiger partial charge in [0, 0.05) is 24.7 Å². The van der Waals surface area contributed by atoms with Crippen molar-refractivity contribution in [3.05, 3.63) is 0 Å². The highest BCUT2D eigenvalue weighted by Crippen LogP contribution is 2.43. The molecule has 0 radical (unpaired) electrons. The Labute approximate surface area is 126 Å². The highest BCUT2D eigenvalue weighted by molar-refractivity contribution is 5.02. The third kappa shape index (κ3) is 3.22. The van der Waals surface area contributed by atoms with Crippen LogP contribution in [0.4, 0.5) is 0 Å². The predicted molar refractivity (Wildman–Crippen MR) is 87.8 cm³/mol. The lowest BCUT2D eigenvalue weighted by Gasteiger charge is -2.54. The Morgan fingerprint density at radius 1 is 1.10 bits per heavy atom. The van der Waals surface area contributed by atoms with Crippen molar-refractivity contribution in [2.75, 3.05) is 13.1 Å². The maximum Gasteiger partial charge on any atom is 0.0362 e. The van der Waals surface area contributed by atoms with Gasteiger partial charge in [-0.25, -0.2) is 0 Å². The zero-order valence-corrected chi connectivity index (χ0v) is 14.0. The molecule has 2 atom stereocenters. The van der Waals surface area contributed by atoms with Crippen molar-refractivity contribution in [1.82, 2.24) is 4.90 Å². The smallest absolute Gasteiger partial charge is 0.0362 e. The van der Waals surface area contributed by atoms with Crippen molar-refractivity contribution in [3.63, 3.8) is 0 Å². The molecule has 0 spiro atoms. The van der Waals surface area contributed by atoms with Gasteiger partial charge in [0.05, 0.1) is 0 Å². The molecule has 2 unspecified atom stereocenters. The summed E-state index contributed by atoms with van der Waals surface area (Å²) in [5, 5.41) is 0. The number of hydrogen-bond donors (Lipinski definition) is 1. The summed E-state index contributed by atoms with van der Waals surface area (Å²) in [6.45, 7) is 9.24. The highest BCUT2D eigenvalue weighted by Gasteiger charge is 2.46. The summed E-state index contributed by atoms with van der Waals surface area (Å²) in [5.74, 6) is 1.57. The molecule has 118 valence electrons. The minimum atomic E-state index is 0.312. The molecule has 2 aliphatic carbocycles. The summed E-state index contributed by atoms with van der Waals surface area (Å²) < 4.78 is 0. The molecule has 0 saturated heterocycles. The molecular formula is C18H36N2. The van der Waals surface area contributed by atoms with E-state index < -0.39 is 0 Å². The first-order valence-corrected chi connectivity index (χ1v) is 9.11. The van der Waals surface area contributed by atoms with Crippen molar-refractivity contribution in [2.24, 2.45) is 17.6 Å². The van der Waals surface area contributed by atoms with E-state index in [0.29, 0.717) is 5.54 Å². The Balaban J connectivity index is 2.25. The topological polar surface area (TPSA) is 29.3 Å². The van der Waals surface area contributed by atoms with Gasteiger partial charge in [0.2, 0.25) is 0 Å². The van der Waals surface area contributed by atoms with Gasteiger partial charge in [-0.15, -0.1) is 0 Å². The van der Waals surface area contributed by atoms with Gasteiger partial charge in [0.1, 0.15) is 0 Å². The summed E-state index contributed by atoms with van der Waals surface area (Å²) >= 11 is 0. The van der Waals surface area contributed by atoms with Crippen molar-refractivity contribution >= 4 is 0 Å². The van der Waals surface area contributed by atoms with Crippen LogP contribution in [0.25, 0.3) is 0 Å². The fourth-order valence-corrected chi connectivity index (χ4v) is 4.95. The second-order valence-corrected chi connectivity index (χ2v) is 7.64. The van der Waals surface area contributed by atoms with Crippen LogP contribution in [0.3, 0.4) is 0 Å². The molecule has 0 heterocycles. The Morgan fingerprint density at radius 2 is 1.75 bits per heavy atom. The van der Waals surface area contributed by atoms with Crippen molar-refractivity contribution < 1.29 is 0 Å². The van der Waals surface area contributed by atoms with Crippen LogP contribution in [0, 0.1) is 11.8 Å². The van der Waals surface area contributed by atoms with Crippen LogP contribution >= 0.6 is 0 Å². The van der Waals surface area contributed by atoms with Crippen molar-refractivity contribution in [1.29, 1.82) is 0 Å². The van der Waals surface area contributed by atoms with E-state index in [1.165, 1.54) is 64.3 Å². The molecule has 0 bridgehead atoms. The maximum absolute atomic E-state index is 6.41. The fourth-order valence-electron chi connectivity index (χ4n) is 4.95. The largest absolute Gasteiger partial charge is 0.329 e. The van der Waals surface area contributed by atoms with Gasteiger partial charge < -0.3 is 5.73 Å². The van der Waals surface area contributed by atoms with Gasteiger partial charge in [-0.1, -0.05) is 52.9 Å². The lowest BCUT2D eigenvalue weighted by molar-refractivity contribution is -0.0320. The van der Waals surface area contributed by atoms with E-state index in [1.54, 1.807) is 0 Å². The summed E-state index contributed by atoms with van der Waals surface area (Å²) in [6.07, 6.45) is 12.5. The molecule has 0 aliphatic heterocycles. The van der Waals surface area contributed by atoms with Crippen LogP contribution in [0.5, 0.6) is 0 Å². The van der Waals surface area contributed by atoms with E-state index in [2.05, 4.69) is 25.7 Å². The normalized spacial score (nSPS) is 32.4.